The quantitative estimate of drug-likeness (QED) is 0.309. The third kappa shape index (κ3) is 5.55. The van der Waals surface area contributed by atoms with Gasteiger partial charge in [0.05, 0.1) is 12.0 Å². The Morgan fingerprint density at radius 1 is 0.917 bits per heavy atom. The number of hydrogen-bond acceptors (Lipinski definition) is 8. The Kier molecular flexibility index (Phi) is 4.50. The molecule has 0 aliphatic carbocycles. The summed E-state index contributed by atoms with van der Waals surface area (Å²) in [7, 11) is -3.21. The number of hydrogen-bond donors (Lipinski definition) is 1. The topological polar surface area (TPSA) is 116 Å². The lowest BCUT2D eigenvalue weighted by Gasteiger charge is -2.19. The first-order chi connectivity index (χ1) is 20.8. The van der Waals surface area contributed by atoms with E-state index in [2.05, 4.69) is 24.7 Å². The summed E-state index contributed by atoms with van der Waals surface area (Å²) in [6.45, 7) is -10.6. The van der Waals surface area contributed by atoms with Crippen LogP contribution in [0.4, 0.5) is 5.82 Å². The van der Waals surface area contributed by atoms with Gasteiger partial charge in [0.25, 0.3) is 10.0 Å². The van der Waals surface area contributed by atoms with Crippen LogP contribution in [0, 0.1) is 0 Å². The minimum Gasteiger partial charge on any atom is -0.493 e. The molecule has 2 heterocycles. The van der Waals surface area contributed by atoms with Gasteiger partial charge in [-0.2, -0.15) is 0 Å². The molecule has 36 heavy (non-hydrogen) atoms. The molecule has 0 radical (unpaired) electrons. The van der Waals surface area contributed by atoms with E-state index in [1.54, 1.807) is 18.2 Å². The number of aromatic nitrogens is 4. The Morgan fingerprint density at radius 2 is 1.58 bits per heavy atom. The van der Waals surface area contributed by atoms with Gasteiger partial charge in [-0.05, 0) is 41.3 Å². The SMILES string of the molecule is [2H]C([2H])([2H])C(c1ccc(S(=O)(=O)Nc2nc(-c3ncccn3)nc(Cl)c2Oc2ccccc2OC)cc1)(C([2H])([2H])[2H])C([2H])([2H])[2H]. The fourth-order valence-electron chi connectivity index (χ4n) is 2.98. The van der Waals surface area contributed by atoms with Gasteiger partial charge in [-0.3, -0.25) is 4.72 Å². The number of methoxy groups -OCH3 is 1. The molecule has 0 aliphatic heterocycles. The predicted octanol–water partition coefficient (Wildman–Crippen LogP) is 5.49. The van der Waals surface area contributed by atoms with Gasteiger partial charge in [0.15, 0.2) is 28.3 Å². The van der Waals surface area contributed by atoms with Crippen molar-refractivity contribution in [3.63, 3.8) is 0 Å². The molecule has 0 amide bonds. The molecule has 0 saturated carbocycles. The van der Waals surface area contributed by atoms with Gasteiger partial charge in [0.1, 0.15) is 0 Å². The summed E-state index contributed by atoms with van der Waals surface area (Å²) in [5, 5.41) is -0.329. The second-order valence-electron chi connectivity index (χ2n) is 7.22. The molecule has 9 nitrogen and oxygen atoms in total. The molecule has 11 heteroatoms. The number of anilines is 1. The van der Waals surface area contributed by atoms with Crippen LogP contribution in [-0.2, 0) is 15.4 Å². The molecule has 2 aromatic heterocycles. The highest BCUT2D eigenvalue weighted by Gasteiger charge is 2.24. The Morgan fingerprint density at radius 3 is 2.22 bits per heavy atom. The molecular formula is C25H24ClN5O4S. The van der Waals surface area contributed by atoms with Gasteiger partial charge >= 0.3 is 0 Å². The van der Waals surface area contributed by atoms with E-state index >= 15 is 0 Å². The van der Waals surface area contributed by atoms with Crippen molar-refractivity contribution < 1.29 is 30.2 Å². The van der Waals surface area contributed by atoms with Crippen molar-refractivity contribution in [1.82, 2.24) is 19.9 Å². The number of halogens is 1. The molecule has 4 rings (SSSR count). The van der Waals surface area contributed by atoms with Crippen LogP contribution < -0.4 is 14.2 Å². The van der Waals surface area contributed by atoms with Crippen LogP contribution >= 0.6 is 11.6 Å². The summed E-state index contributed by atoms with van der Waals surface area (Å²) >= 11 is 6.44. The maximum absolute atomic E-state index is 13.6. The first kappa shape index (κ1) is 16.1. The standard InChI is InChI=1S/C25H24ClN5O4S/c1-25(2,3)16-10-12-17(13-11-16)36(32,33)31-22-20(35-19-9-6-5-8-18(19)34-4)21(26)29-24(30-22)23-27-14-7-15-28-23/h5-15H,1-4H3,(H,29,30,31)/i1D3,2D3,3D3. The second-order valence-corrected chi connectivity index (χ2v) is 9.26. The van der Waals surface area contributed by atoms with E-state index in [0.717, 1.165) is 24.3 Å². The van der Waals surface area contributed by atoms with E-state index in [9.17, 15) is 8.42 Å². The van der Waals surface area contributed by atoms with Crippen LogP contribution in [0.25, 0.3) is 11.6 Å². The van der Waals surface area contributed by atoms with Crippen molar-refractivity contribution in [2.75, 3.05) is 11.8 Å². The fraction of sp³-hybridized carbons (Fsp3) is 0.200. The Bertz CT molecular complexity index is 1750. The predicted molar refractivity (Wildman–Crippen MR) is 137 cm³/mol. The molecule has 0 bridgehead atoms. The number of ether oxygens (including phenoxy) is 2. The van der Waals surface area contributed by atoms with E-state index in [0.29, 0.717) is 0 Å². The van der Waals surface area contributed by atoms with Gasteiger partial charge in [0.2, 0.25) is 11.6 Å². The van der Waals surface area contributed by atoms with Crippen LogP contribution in [0.5, 0.6) is 17.2 Å². The first-order valence-electron chi connectivity index (χ1n) is 14.6. The third-order valence-electron chi connectivity index (χ3n) is 4.70. The van der Waals surface area contributed by atoms with Crippen LogP contribution in [0.1, 0.15) is 38.5 Å². The lowest BCUT2D eigenvalue weighted by molar-refractivity contribution is 0.378. The van der Waals surface area contributed by atoms with Crippen molar-refractivity contribution in [3.05, 3.63) is 77.7 Å². The van der Waals surface area contributed by atoms with Crippen molar-refractivity contribution in [3.8, 4) is 28.9 Å². The van der Waals surface area contributed by atoms with Crippen molar-refractivity contribution in [2.45, 2.75) is 30.9 Å². The largest absolute Gasteiger partial charge is 0.493 e. The van der Waals surface area contributed by atoms with Crippen LogP contribution in [-0.4, -0.2) is 35.5 Å². The minimum atomic E-state index is -4.60. The molecule has 0 unspecified atom stereocenters. The smallest absolute Gasteiger partial charge is 0.263 e. The Hall–Kier alpha value is -3.76. The van der Waals surface area contributed by atoms with Gasteiger partial charge in [0, 0.05) is 24.7 Å². The van der Waals surface area contributed by atoms with E-state index in [1.807, 2.05) is 0 Å². The van der Waals surface area contributed by atoms with Crippen molar-refractivity contribution in [2.24, 2.45) is 0 Å². The molecule has 2 aromatic carbocycles. The molecule has 0 atom stereocenters. The Labute approximate surface area is 227 Å². The number of para-hydroxylation sites is 2. The Balaban J connectivity index is 1.83. The lowest BCUT2D eigenvalue weighted by atomic mass is 9.87. The highest BCUT2D eigenvalue weighted by Crippen LogP contribution is 2.39. The molecule has 4 aromatic rings. The summed E-state index contributed by atoms with van der Waals surface area (Å²) in [4.78, 5) is 15.9. The van der Waals surface area contributed by atoms with E-state index in [-0.39, 0.29) is 34.1 Å². The third-order valence-corrected chi connectivity index (χ3v) is 6.31. The first-order valence-corrected chi connectivity index (χ1v) is 12.0. The maximum atomic E-state index is 13.6. The molecule has 0 fully saturated rings. The van der Waals surface area contributed by atoms with Crippen LogP contribution in [0.2, 0.25) is 5.15 Å². The number of benzene rings is 2. The summed E-state index contributed by atoms with van der Waals surface area (Å²) in [6.07, 6.45) is 2.81. The normalized spacial score (nSPS) is 16.4. The van der Waals surface area contributed by atoms with E-state index in [1.165, 1.54) is 31.6 Å². The molecule has 186 valence electrons. The van der Waals surface area contributed by atoms with Gasteiger partial charge < -0.3 is 9.47 Å². The maximum Gasteiger partial charge on any atom is 0.263 e. The fourth-order valence-corrected chi connectivity index (χ4v) is 4.19. The number of nitrogens with zero attached hydrogens (tertiary/aromatic N) is 4. The highest BCUT2D eigenvalue weighted by atomic mass is 35.5. The van der Waals surface area contributed by atoms with Crippen molar-refractivity contribution in [1.29, 1.82) is 0 Å². The average Bonchev–Trinajstić information content (AvgIpc) is 2.93. The summed E-state index contributed by atoms with van der Waals surface area (Å²) in [5.41, 5.74) is -3.95. The van der Waals surface area contributed by atoms with Crippen LogP contribution in [0.3, 0.4) is 0 Å². The van der Waals surface area contributed by atoms with Gasteiger partial charge in [-0.1, -0.05) is 56.4 Å². The summed E-state index contributed by atoms with van der Waals surface area (Å²) < 4.78 is 112. The summed E-state index contributed by atoms with van der Waals surface area (Å²) in [6, 6.07) is 11.4. The molecular weight excluding hydrogens is 502 g/mol. The highest BCUT2D eigenvalue weighted by molar-refractivity contribution is 7.92. The van der Waals surface area contributed by atoms with E-state index < -0.39 is 52.3 Å². The number of nitrogens with one attached hydrogen (secondary N) is 1. The van der Waals surface area contributed by atoms with Crippen molar-refractivity contribution >= 4 is 27.4 Å². The van der Waals surface area contributed by atoms with Crippen LogP contribution in [0.15, 0.2) is 71.9 Å². The van der Waals surface area contributed by atoms with E-state index in [4.69, 9.17) is 33.4 Å². The lowest BCUT2D eigenvalue weighted by Crippen LogP contribution is -2.17. The zero-order valence-electron chi connectivity index (χ0n) is 27.6. The molecule has 0 spiro atoms. The molecule has 0 saturated heterocycles. The molecule has 0 aliphatic rings. The molecule has 1 N–H and O–H groups in total. The average molecular weight is 535 g/mol. The number of rotatable bonds is 7. The number of sulfonamides is 1. The minimum absolute atomic E-state index is 0.00313. The second kappa shape index (κ2) is 10.1. The van der Waals surface area contributed by atoms with Gasteiger partial charge in [-0.25, -0.2) is 28.4 Å². The summed E-state index contributed by atoms with van der Waals surface area (Å²) in [5.74, 6) is -0.534. The zero-order chi connectivity index (χ0) is 33.4. The zero-order valence-corrected chi connectivity index (χ0v) is 20.1. The van der Waals surface area contributed by atoms with Gasteiger partial charge in [-0.15, -0.1) is 0 Å². The monoisotopic (exact) mass is 534 g/mol.